The first-order chi connectivity index (χ1) is 14.0. The van der Waals surface area contributed by atoms with Gasteiger partial charge in [-0.2, -0.15) is 0 Å². The first kappa shape index (κ1) is 18.8. The van der Waals surface area contributed by atoms with Crippen LogP contribution in [-0.2, 0) is 0 Å². The van der Waals surface area contributed by atoms with E-state index in [0.717, 1.165) is 29.2 Å². The summed E-state index contributed by atoms with van der Waals surface area (Å²) < 4.78 is 0. The van der Waals surface area contributed by atoms with E-state index in [-0.39, 0.29) is 29.3 Å². The Kier molecular flexibility index (Phi) is 5.08. The number of phenols is 1. The number of hydrogen-bond donors (Lipinski definition) is 4. The van der Waals surface area contributed by atoms with E-state index in [0.29, 0.717) is 11.7 Å². The third kappa shape index (κ3) is 4.48. The third-order valence-electron chi connectivity index (χ3n) is 5.04. The maximum atomic E-state index is 12.7. The fraction of sp³-hybridized carbons (Fsp3) is 0.217. The van der Waals surface area contributed by atoms with Crippen molar-refractivity contribution in [1.29, 1.82) is 0 Å². The molecule has 1 aliphatic rings. The number of benzene rings is 3. The van der Waals surface area contributed by atoms with Crippen molar-refractivity contribution in [3.8, 4) is 5.75 Å². The zero-order valence-corrected chi connectivity index (χ0v) is 16.1. The Hall–Kier alpha value is -3.54. The van der Waals surface area contributed by atoms with Gasteiger partial charge in [0.15, 0.2) is 0 Å². The highest BCUT2D eigenvalue weighted by atomic mass is 16.3. The summed E-state index contributed by atoms with van der Waals surface area (Å²) in [5.41, 5.74) is 1.83. The minimum Gasteiger partial charge on any atom is -0.507 e. The van der Waals surface area contributed by atoms with Crippen molar-refractivity contribution < 1.29 is 14.7 Å². The zero-order valence-electron chi connectivity index (χ0n) is 16.1. The number of carbonyl (C=O) groups excluding carboxylic acids is 2. The van der Waals surface area contributed by atoms with Crippen LogP contribution in [0.2, 0.25) is 0 Å². The molecule has 1 aliphatic carbocycles. The second-order valence-corrected chi connectivity index (χ2v) is 7.41. The van der Waals surface area contributed by atoms with E-state index >= 15 is 0 Å². The predicted molar refractivity (Wildman–Crippen MR) is 113 cm³/mol. The molecule has 3 aromatic rings. The van der Waals surface area contributed by atoms with Crippen molar-refractivity contribution in [2.75, 3.05) is 5.32 Å². The largest absolute Gasteiger partial charge is 0.507 e. The van der Waals surface area contributed by atoms with Crippen LogP contribution in [-0.4, -0.2) is 23.1 Å². The highest BCUT2D eigenvalue weighted by molar-refractivity contribution is 6.01. The van der Waals surface area contributed by atoms with Gasteiger partial charge in [0.2, 0.25) is 0 Å². The Morgan fingerprint density at radius 1 is 1.00 bits per heavy atom. The predicted octanol–water partition coefficient (Wildman–Crippen LogP) is 4.32. The smallest absolute Gasteiger partial charge is 0.319 e. The lowest BCUT2D eigenvalue weighted by Gasteiger charge is -2.16. The van der Waals surface area contributed by atoms with Crippen LogP contribution in [0.1, 0.15) is 41.7 Å². The molecule has 148 valence electrons. The molecule has 0 aliphatic heterocycles. The van der Waals surface area contributed by atoms with Crippen LogP contribution in [0.25, 0.3) is 10.8 Å². The number of fused-ring (bicyclic) bond motifs is 1. The van der Waals surface area contributed by atoms with E-state index in [9.17, 15) is 14.7 Å². The van der Waals surface area contributed by atoms with Crippen LogP contribution in [0.15, 0.2) is 60.7 Å². The van der Waals surface area contributed by atoms with Crippen molar-refractivity contribution in [3.05, 3.63) is 71.8 Å². The number of aromatic hydroxyl groups is 1. The summed E-state index contributed by atoms with van der Waals surface area (Å²) in [6.45, 7) is 1.87. The first-order valence-corrected chi connectivity index (χ1v) is 9.70. The Bertz CT molecular complexity index is 1060. The van der Waals surface area contributed by atoms with Gasteiger partial charge >= 0.3 is 6.03 Å². The zero-order chi connectivity index (χ0) is 20.4. The first-order valence-electron chi connectivity index (χ1n) is 9.70. The molecule has 1 unspecified atom stereocenters. The Balaban J connectivity index is 1.41. The molecular weight excluding hydrogens is 366 g/mol. The molecule has 6 heteroatoms. The number of amides is 3. The molecule has 1 atom stereocenters. The summed E-state index contributed by atoms with van der Waals surface area (Å²) in [7, 11) is 0. The summed E-state index contributed by atoms with van der Waals surface area (Å²) in [6.07, 6.45) is 2.08. The van der Waals surface area contributed by atoms with Crippen LogP contribution in [0, 0.1) is 0 Å². The van der Waals surface area contributed by atoms with Gasteiger partial charge in [-0.1, -0.05) is 36.4 Å². The summed E-state index contributed by atoms with van der Waals surface area (Å²) >= 11 is 0. The number of hydrogen-bond acceptors (Lipinski definition) is 3. The van der Waals surface area contributed by atoms with Crippen molar-refractivity contribution >= 4 is 28.4 Å². The lowest BCUT2D eigenvalue weighted by molar-refractivity contribution is 0.0937. The molecule has 0 bridgehead atoms. The van der Waals surface area contributed by atoms with Crippen molar-refractivity contribution in [3.63, 3.8) is 0 Å². The van der Waals surface area contributed by atoms with Crippen molar-refractivity contribution in [2.24, 2.45) is 0 Å². The van der Waals surface area contributed by atoms with E-state index in [4.69, 9.17) is 0 Å². The van der Waals surface area contributed by atoms with Gasteiger partial charge in [-0.3, -0.25) is 4.79 Å². The second kappa shape index (κ2) is 7.83. The molecule has 6 nitrogen and oxygen atoms in total. The number of nitrogens with one attached hydrogen (secondary N) is 3. The normalized spacial score (nSPS) is 14.2. The molecule has 0 saturated heterocycles. The van der Waals surface area contributed by atoms with Crippen molar-refractivity contribution in [1.82, 2.24) is 10.6 Å². The van der Waals surface area contributed by atoms with Gasteiger partial charge in [-0.25, -0.2) is 4.79 Å². The van der Waals surface area contributed by atoms with E-state index in [1.165, 1.54) is 0 Å². The topological polar surface area (TPSA) is 90.5 Å². The summed E-state index contributed by atoms with van der Waals surface area (Å²) in [5.74, 6) is -0.388. The molecule has 1 saturated carbocycles. The second-order valence-electron chi connectivity index (χ2n) is 7.41. The van der Waals surface area contributed by atoms with Gasteiger partial charge in [0.25, 0.3) is 5.91 Å². The van der Waals surface area contributed by atoms with Crippen molar-refractivity contribution in [2.45, 2.75) is 31.8 Å². The molecule has 3 amide bonds. The minimum atomic E-state index is -0.341. The lowest BCUT2D eigenvalue weighted by atomic mass is 10.0. The maximum absolute atomic E-state index is 12.7. The maximum Gasteiger partial charge on any atom is 0.319 e. The minimum absolute atomic E-state index is 0.0466. The lowest BCUT2D eigenvalue weighted by Crippen LogP contribution is -2.30. The average molecular weight is 389 g/mol. The number of carbonyl (C=O) groups is 2. The van der Waals surface area contributed by atoms with E-state index in [1.807, 2.05) is 43.3 Å². The number of phenolic OH excluding ortho intramolecular Hbond substituents is 1. The fourth-order valence-electron chi connectivity index (χ4n) is 3.20. The van der Waals surface area contributed by atoms with Crippen LogP contribution >= 0.6 is 0 Å². The number of rotatable bonds is 5. The van der Waals surface area contributed by atoms with Crippen LogP contribution in [0.5, 0.6) is 5.75 Å². The van der Waals surface area contributed by atoms with E-state index < -0.39 is 0 Å². The quantitative estimate of drug-likeness (QED) is 0.524. The van der Waals surface area contributed by atoms with E-state index in [1.54, 1.807) is 24.3 Å². The summed E-state index contributed by atoms with van der Waals surface area (Å²) in [4.78, 5) is 24.5. The van der Waals surface area contributed by atoms with Gasteiger partial charge in [0.05, 0.1) is 11.6 Å². The molecule has 4 rings (SSSR count). The third-order valence-corrected chi connectivity index (χ3v) is 5.04. The Morgan fingerprint density at radius 2 is 1.66 bits per heavy atom. The van der Waals surface area contributed by atoms with Gasteiger partial charge in [-0.15, -0.1) is 0 Å². The SMILES string of the molecule is CC(NC(=O)c1cc2ccccc2cc1O)c1ccc(NC(=O)NC2CC2)cc1. The van der Waals surface area contributed by atoms with Crippen LogP contribution < -0.4 is 16.0 Å². The molecule has 3 aromatic carbocycles. The van der Waals surface area contributed by atoms with E-state index in [2.05, 4.69) is 16.0 Å². The molecule has 0 aromatic heterocycles. The Morgan fingerprint density at radius 3 is 2.31 bits per heavy atom. The highest BCUT2D eigenvalue weighted by Crippen LogP contribution is 2.26. The molecular formula is C23H23N3O3. The van der Waals surface area contributed by atoms with Gasteiger partial charge < -0.3 is 21.1 Å². The molecule has 0 heterocycles. The van der Waals surface area contributed by atoms with Gasteiger partial charge in [0.1, 0.15) is 5.75 Å². The molecule has 0 radical (unpaired) electrons. The highest BCUT2D eigenvalue weighted by Gasteiger charge is 2.23. The van der Waals surface area contributed by atoms with Gasteiger partial charge in [-0.05, 0) is 60.4 Å². The fourth-order valence-corrected chi connectivity index (χ4v) is 3.20. The Labute approximate surface area is 168 Å². The summed E-state index contributed by atoms with van der Waals surface area (Å²) in [6, 6.07) is 18.0. The van der Waals surface area contributed by atoms with Crippen LogP contribution in [0.3, 0.4) is 0 Å². The van der Waals surface area contributed by atoms with Crippen LogP contribution in [0.4, 0.5) is 10.5 Å². The molecule has 29 heavy (non-hydrogen) atoms. The average Bonchev–Trinajstić information content (AvgIpc) is 3.51. The number of anilines is 1. The molecule has 0 spiro atoms. The van der Waals surface area contributed by atoms with Gasteiger partial charge in [0, 0.05) is 11.7 Å². The number of urea groups is 1. The summed E-state index contributed by atoms with van der Waals surface area (Å²) in [5, 5.41) is 20.6. The monoisotopic (exact) mass is 389 g/mol. The molecule has 1 fully saturated rings. The molecule has 4 N–H and O–H groups in total. The standard InChI is InChI=1S/C23H23N3O3/c1-14(15-6-8-18(9-7-15)25-23(29)26-19-10-11-19)24-22(28)20-12-16-4-2-3-5-17(16)13-21(20)27/h2-9,12-14,19,27H,10-11H2,1H3,(H,24,28)(H2,25,26,29).